The predicted molar refractivity (Wildman–Crippen MR) is 181 cm³/mol. The SMILES string of the molecule is O=C(N1CCN(Cc2ccc(-c3ccccc3)[nH]c2=O)C2(CCCC2)C1)N1CC[C@@H](NCc2ccccn2)C[C@H]1c1ccccc1. The van der Waals surface area contributed by atoms with Gasteiger partial charge in [-0.25, -0.2) is 4.79 Å². The highest BCUT2D eigenvalue weighted by atomic mass is 16.2. The van der Waals surface area contributed by atoms with Crippen molar-refractivity contribution in [3.8, 4) is 11.3 Å². The quantitative estimate of drug-likeness (QED) is 0.267. The molecule has 238 valence electrons. The van der Waals surface area contributed by atoms with Crippen molar-refractivity contribution in [1.29, 1.82) is 0 Å². The fraction of sp³-hybridized carbons (Fsp3) is 0.395. The lowest BCUT2D eigenvalue weighted by Crippen LogP contribution is -2.64. The zero-order valence-electron chi connectivity index (χ0n) is 26.5. The molecule has 0 radical (unpaired) electrons. The van der Waals surface area contributed by atoms with E-state index in [1.54, 1.807) is 0 Å². The third kappa shape index (κ3) is 6.50. The fourth-order valence-corrected chi connectivity index (χ4v) is 7.85. The number of urea groups is 1. The van der Waals surface area contributed by atoms with Crippen molar-refractivity contribution in [2.24, 2.45) is 0 Å². The van der Waals surface area contributed by atoms with Crippen LogP contribution >= 0.6 is 0 Å². The number of aromatic nitrogens is 2. The zero-order chi connectivity index (χ0) is 31.3. The first-order chi connectivity index (χ1) is 22.6. The summed E-state index contributed by atoms with van der Waals surface area (Å²) in [5, 5.41) is 3.71. The van der Waals surface area contributed by atoms with Gasteiger partial charge in [-0.2, -0.15) is 0 Å². The predicted octanol–water partition coefficient (Wildman–Crippen LogP) is 5.98. The molecule has 1 spiro atoms. The molecule has 1 aliphatic carbocycles. The molecule has 2 aromatic carbocycles. The van der Waals surface area contributed by atoms with Gasteiger partial charge in [0.2, 0.25) is 0 Å². The number of likely N-dealkylation sites (tertiary alicyclic amines) is 1. The van der Waals surface area contributed by atoms with Crippen molar-refractivity contribution in [2.45, 2.75) is 69.2 Å². The van der Waals surface area contributed by atoms with Crippen LogP contribution in [-0.2, 0) is 13.1 Å². The summed E-state index contributed by atoms with van der Waals surface area (Å²) in [5.41, 5.74) is 4.73. The molecule has 2 atom stereocenters. The minimum atomic E-state index is -0.0940. The fourth-order valence-electron chi connectivity index (χ4n) is 7.85. The van der Waals surface area contributed by atoms with E-state index in [2.05, 4.69) is 60.3 Å². The zero-order valence-corrected chi connectivity index (χ0v) is 26.5. The van der Waals surface area contributed by atoms with Gasteiger partial charge in [0.15, 0.2) is 0 Å². The van der Waals surface area contributed by atoms with E-state index in [-0.39, 0.29) is 23.2 Å². The highest BCUT2D eigenvalue weighted by molar-refractivity contribution is 5.75. The van der Waals surface area contributed by atoms with Crippen LogP contribution < -0.4 is 10.9 Å². The molecular formula is C38H44N6O2. The summed E-state index contributed by atoms with van der Waals surface area (Å²) in [7, 11) is 0. The first kappa shape index (κ1) is 30.4. The Morgan fingerprint density at radius 3 is 2.39 bits per heavy atom. The molecule has 7 rings (SSSR count). The van der Waals surface area contributed by atoms with Crippen LogP contribution in [0.1, 0.15) is 61.4 Å². The molecule has 2 amide bonds. The summed E-state index contributed by atoms with van der Waals surface area (Å²) in [5.74, 6) is 0. The van der Waals surface area contributed by atoms with Gasteiger partial charge >= 0.3 is 6.03 Å². The number of pyridine rings is 2. The molecule has 8 heteroatoms. The number of hydrogen-bond acceptors (Lipinski definition) is 5. The van der Waals surface area contributed by atoms with Gasteiger partial charge < -0.3 is 20.1 Å². The Morgan fingerprint density at radius 2 is 1.65 bits per heavy atom. The van der Waals surface area contributed by atoms with Crippen LogP contribution in [0.3, 0.4) is 0 Å². The Bertz CT molecular complexity index is 1660. The van der Waals surface area contributed by atoms with Crippen LogP contribution in [0.2, 0.25) is 0 Å². The molecule has 0 bridgehead atoms. The largest absolute Gasteiger partial charge is 0.322 e. The maximum absolute atomic E-state index is 14.4. The second-order valence-electron chi connectivity index (χ2n) is 13.2. The molecule has 0 unspecified atom stereocenters. The number of hydrogen-bond donors (Lipinski definition) is 2. The van der Waals surface area contributed by atoms with Crippen molar-refractivity contribution >= 4 is 6.03 Å². The van der Waals surface area contributed by atoms with Crippen LogP contribution in [-0.4, -0.2) is 68.5 Å². The Kier molecular flexibility index (Phi) is 8.99. The average Bonchev–Trinajstić information content (AvgIpc) is 3.58. The number of benzene rings is 2. The van der Waals surface area contributed by atoms with E-state index < -0.39 is 0 Å². The Morgan fingerprint density at radius 1 is 0.891 bits per heavy atom. The number of amides is 2. The van der Waals surface area contributed by atoms with Gasteiger partial charge in [-0.1, -0.05) is 85.6 Å². The van der Waals surface area contributed by atoms with Gasteiger partial charge in [0.05, 0.1) is 11.7 Å². The van der Waals surface area contributed by atoms with Gasteiger partial charge in [-0.15, -0.1) is 0 Å². The van der Waals surface area contributed by atoms with Gasteiger partial charge in [0, 0.05) is 68.3 Å². The maximum atomic E-state index is 14.4. The molecule has 2 aromatic heterocycles. The van der Waals surface area contributed by atoms with Crippen LogP contribution in [0.25, 0.3) is 11.3 Å². The first-order valence-electron chi connectivity index (χ1n) is 16.8. The summed E-state index contributed by atoms with van der Waals surface area (Å²) >= 11 is 0. The number of H-pyrrole nitrogens is 1. The summed E-state index contributed by atoms with van der Waals surface area (Å²) in [6.45, 7) is 4.19. The number of carbonyl (C=O) groups excluding carboxylic acids is 1. The van der Waals surface area contributed by atoms with Gasteiger partial charge in [0.25, 0.3) is 5.56 Å². The van der Waals surface area contributed by atoms with Crippen molar-refractivity contribution in [3.05, 3.63) is 124 Å². The lowest BCUT2D eigenvalue weighted by atomic mass is 9.90. The number of nitrogens with zero attached hydrogens (tertiary/aromatic N) is 4. The molecule has 4 heterocycles. The third-order valence-corrected chi connectivity index (χ3v) is 10.4. The van der Waals surface area contributed by atoms with E-state index in [1.807, 2.05) is 66.9 Å². The molecule has 2 N–H and O–H groups in total. The minimum Gasteiger partial charge on any atom is -0.322 e. The topological polar surface area (TPSA) is 84.6 Å². The van der Waals surface area contributed by atoms with E-state index in [4.69, 9.17) is 0 Å². The summed E-state index contributed by atoms with van der Waals surface area (Å²) < 4.78 is 0. The van der Waals surface area contributed by atoms with Gasteiger partial charge in [0.1, 0.15) is 0 Å². The number of piperazine rings is 1. The number of piperidine rings is 1. The third-order valence-electron chi connectivity index (χ3n) is 10.4. The lowest BCUT2D eigenvalue weighted by molar-refractivity contribution is -0.00236. The summed E-state index contributed by atoms with van der Waals surface area (Å²) in [6.07, 6.45) is 8.03. The maximum Gasteiger partial charge on any atom is 0.320 e. The summed E-state index contributed by atoms with van der Waals surface area (Å²) in [6, 6.07) is 31.0. The Hall–Kier alpha value is -4.27. The van der Waals surface area contributed by atoms with Crippen molar-refractivity contribution in [3.63, 3.8) is 0 Å². The second kappa shape index (κ2) is 13.6. The highest BCUT2D eigenvalue weighted by Gasteiger charge is 2.46. The monoisotopic (exact) mass is 616 g/mol. The minimum absolute atomic E-state index is 0.0166. The van der Waals surface area contributed by atoms with Crippen LogP contribution in [0.4, 0.5) is 4.79 Å². The van der Waals surface area contributed by atoms with E-state index >= 15 is 0 Å². The van der Waals surface area contributed by atoms with Crippen molar-refractivity contribution in [1.82, 2.24) is 30.0 Å². The number of aromatic amines is 1. The second-order valence-corrected chi connectivity index (χ2v) is 13.2. The van der Waals surface area contributed by atoms with E-state index in [9.17, 15) is 9.59 Å². The lowest BCUT2D eigenvalue weighted by Gasteiger charge is -2.51. The molecule has 2 saturated heterocycles. The Labute approximate surface area is 271 Å². The smallest absolute Gasteiger partial charge is 0.320 e. The van der Waals surface area contributed by atoms with Crippen LogP contribution in [0, 0.1) is 0 Å². The molecule has 3 aliphatic rings. The summed E-state index contributed by atoms with van der Waals surface area (Å²) in [4.78, 5) is 42.0. The van der Waals surface area contributed by atoms with Gasteiger partial charge in [-0.05, 0) is 55.0 Å². The number of nitrogens with one attached hydrogen (secondary N) is 2. The van der Waals surface area contributed by atoms with Crippen molar-refractivity contribution < 1.29 is 4.79 Å². The number of rotatable bonds is 7. The van der Waals surface area contributed by atoms with E-state index in [1.165, 1.54) is 5.56 Å². The molecule has 4 aromatic rings. The molecule has 46 heavy (non-hydrogen) atoms. The van der Waals surface area contributed by atoms with Gasteiger partial charge in [-0.3, -0.25) is 14.7 Å². The number of carbonyl (C=O) groups is 1. The normalized spacial score (nSPS) is 21.5. The molecule has 1 saturated carbocycles. The van der Waals surface area contributed by atoms with E-state index in [0.29, 0.717) is 32.2 Å². The Balaban J connectivity index is 1.05. The van der Waals surface area contributed by atoms with E-state index in [0.717, 1.165) is 74.1 Å². The first-order valence-corrected chi connectivity index (χ1v) is 16.8. The van der Waals surface area contributed by atoms with Crippen LogP contribution in [0.15, 0.2) is 102 Å². The molecule has 2 aliphatic heterocycles. The molecular weight excluding hydrogens is 572 g/mol. The standard InChI is InChI=1S/C38H44N6O2/c45-36-31(16-17-34(41-36)29-11-3-1-4-12-29)27-43-24-23-42(28-38(43)19-8-9-20-38)37(46)44-22-18-32(40-26-33-15-7-10-21-39-33)25-35(44)30-13-5-2-6-14-30/h1-7,10-17,21,32,35,40H,8-9,18-20,22-28H2,(H,41,45)/t32-,35+/m1/s1. The average molecular weight is 617 g/mol. The molecule has 8 nitrogen and oxygen atoms in total. The van der Waals surface area contributed by atoms with Crippen LogP contribution in [0.5, 0.6) is 0 Å². The highest BCUT2D eigenvalue weighted by Crippen LogP contribution is 2.40. The van der Waals surface area contributed by atoms with Crippen molar-refractivity contribution in [2.75, 3.05) is 26.2 Å². The molecule has 3 fully saturated rings.